The number of carbonyl (C=O) groups is 1. The van der Waals surface area contributed by atoms with Crippen LogP contribution < -0.4 is 10.6 Å². The topological polar surface area (TPSA) is 70.6 Å². The van der Waals surface area contributed by atoms with E-state index in [1.165, 1.54) is 0 Å². The Labute approximate surface area is 118 Å². The summed E-state index contributed by atoms with van der Waals surface area (Å²) in [5, 5.41) is 15.2. The maximum atomic E-state index is 12.0. The second-order valence-corrected chi connectivity index (χ2v) is 5.48. The maximum absolute atomic E-state index is 12.0. The molecule has 4 atom stereocenters. The summed E-state index contributed by atoms with van der Waals surface area (Å²) in [6.07, 6.45) is 3.50. The molecular formula is C15H20N2O3. The molecule has 3 N–H and O–H groups in total. The van der Waals surface area contributed by atoms with Crippen molar-refractivity contribution >= 4 is 6.03 Å². The number of hydrogen-bond acceptors (Lipinski definition) is 3. The smallest absolute Gasteiger partial charge is 0.315 e. The van der Waals surface area contributed by atoms with Crippen LogP contribution in [0.3, 0.4) is 0 Å². The number of amides is 2. The molecule has 2 saturated heterocycles. The zero-order valence-electron chi connectivity index (χ0n) is 11.3. The van der Waals surface area contributed by atoms with Crippen LogP contribution in [-0.2, 0) is 4.74 Å². The van der Waals surface area contributed by atoms with Gasteiger partial charge in [0.05, 0.1) is 30.9 Å². The molecule has 2 amide bonds. The highest BCUT2D eigenvalue weighted by Crippen LogP contribution is 2.34. The minimum atomic E-state index is -0.379. The third kappa shape index (κ3) is 2.78. The molecule has 0 radical (unpaired) electrons. The van der Waals surface area contributed by atoms with Gasteiger partial charge in [-0.05, 0) is 24.8 Å². The van der Waals surface area contributed by atoms with Gasteiger partial charge in [-0.25, -0.2) is 4.79 Å². The summed E-state index contributed by atoms with van der Waals surface area (Å²) in [6, 6.07) is 8.95. The Kier molecular flexibility index (Phi) is 3.89. The highest BCUT2D eigenvalue weighted by atomic mass is 16.5. The van der Waals surface area contributed by atoms with Gasteiger partial charge >= 0.3 is 6.03 Å². The normalized spacial score (nSPS) is 29.1. The summed E-state index contributed by atoms with van der Waals surface area (Å²) in [4.78, 5) is 12.0. The largest absolute Gasteiger partial charge is 0.394 e. The van der Waals surface area contributed by atoms with E-state index in [0.717, 1.165) is 24.8 Å². The number of benzene rings is 1. The molecule has 5 heteroatoms. The van der Waals surface area contributed by atoms with Crippen LogP contribution >= 0.6 is 0 Å². The van der Waals surface area contributed by atoms with Gasteiger partial charge in [0, 0.05) is 0 Å². The average Bonchev–Trinajstić information content (AvgIpc) is 3.08. The van der Waals surface area contributed by atoms with Crippen LogP contribution in [0.2, 0.25) is 0 Å². The molecule has 2 aliphatic heterocycles. The van der Waals surface area contributed by atoms with E-state index < -0.39 is 0 Å². The van der Waals surface area contributed by atoms with Crippen molar-refractivity contribution in [3.8, 4) is 0 Å². The quantitative estimate of drug-likeness (QED) is 0.777. The van der Waals surface area contributed by atoms with E-state index in [1.807, 2.05) is 30.3 Å². The third-order valence-corrected chi connectivity index (χ3v) is 4.11. The van der Waals surface area contributed by atoms with Crippen molar-refractivity contribution < 1.29 is 14.6 Å². The van der Waals surface area contributed by atoms with Crippen molar-refractivity contribution in [1.29, 1.82) is 0 Å². The molecule has 20 heavy (non-hydrogen) atoms. The van der Waals surface area contributed by atoms with Gasteiger partial charge in [0.25, 0.3) is 0 Å². The van der Waals surface area contributed by atoms with E-state index in [9.17, 15) is 9.90 Å². The summed E-state index contributed by atoms with van der Waals surface area (Å²) in [6.45, 7) is -0.120. The molecule has 2 bridgehead atoms. The second kappa shape index (κ2) is 5.81. The predicted molar refractivity (Wildman–Crippen MR) is 74.2 cm³/mol. The molecule has 2 aliphatic rings. The van der Waals surface area contributed by atoms with Crippen LogP contribution in [0.15, 0.2) is 30.3 Å². The fourth-order valence-electron chi connectivity index (χ4n) is 3.08. The molecule has 0 aromatic heterocycles. The van der Waals surface area contributed by atoms with Crippen molar-refractivity contribution in [2.75, 3.05) is 6.61 Å². The van der Waals surface area contributed by atoms with E-state index in [2.05, 4.69) is 10.6 Å². The minimum Gasteiger partial charge on any atom is -0.394 e. The number of nitrogens with one attached hydrogen (secondary N) is 2. The van der Waals surface area contributed by atoms with E-state index in [0.29, 0.717) is 6.10 Å². The Morgan fingerprint density at radius 3 is 2.75 bits per heavy atom. The highest BCUT2D eigenvalue weighted by molar-refractivity contribution is 5.75. The summed E-state index contributed by atoms with van der Waals surface area (Å²) >= 11 is 0. The average molecular weight is 276 g/mol. The first-order valence-electron chi connectivity index (χ1n) is 7.14. The lowest BCUT2D eigenvalue weighted by Crippen LogP contribution is -2.47. The van der Waals surface area contributed by atoms with E-state index in [-0.39, 0.29) is 30.8 Å². The van der Waals surface area contributed by atoms with Gasteiger partial charge in [-0.1, -0.05) is 30.3 Å². The first-order chi connectivity index (χ1) is 9.76. The van der Waals surface area contributed by atoms with Crippen molar-refractivity contribution in [1.82, 2.24) is 10.6 Å². The standard InChI is InChI=1S/C15H20N2O3/c18-9-13(10-4-2-1-3-5-10)17-15(19)16-12-8-11-6-7-14(12)20-11/h1-5,11-14,18H,6-9H2,(H2,16,17,19). The summed E-state index contributed by atoms with van der Waals surface area (Å²) < 4.78 is 5.71. The number of ether oxygens (including phenoxy) is 1. The molecule has 1 aromatic rings. The number of carbonyl (C=O) groups excluding carboxylic acids is 1. The molecule has 2 fully saturated rings. The Morgan fingerprint density at radius 1 is 1.35 bits per heavy atom. The second-order valence-electron chi connectivity index (χ2n) is 5.48. The van der Waals surface area contributed by atoms with Gasteiger partial charge in [-0.2, -0.15) is 0 Å². The number of hydrogen-bond donors (Lipinski definition) is 3. The van der Waals surface area contributed by atoms with Gasteiger partial charge in [0.2, 0.25) is 0 Å². The van der Waals surface area contributed by atoms with Crippen LogP contribution in [0, 0.1) is 0 Å². The number of rotatable bonds is 4. The summed E-state index contributed by atoms with van der Waals surface area (Å²) in [7, 11) is 0. The van der Waals surface area contributed by atoms with E-state index >= 15 is 0 Å². The van der Waals surface area contributed by atoms with Gasteiger partial charge in [0.15, 0.2) is 0 Å². The van der Waals surface area contributed by atoms with Crippen molar-refractivity contribution in [2.24, 2.45) is 0 Å². The zero-order valence-corrected chi connectivity index (χ0v) is 11.3. The Hall–Kier alpha value is -1.59. The molecule has 3 rings (SSSR count). The summed E-state index contributed by atoms with van der Waals surface area (Å²) in [5.41, 5.74) is 0.898. The molecule has 0 spiro atoms. The monoisotopic (exact) mass is 276 g/mol. The minimum absolute atomic E-state index is 0.101. The number of urea groups is 1. The molecule has 4 unspecified atom stereocenters. The van der Waals surface area contributed by atoms with Crippen LogP contribution in [0.4, 0.5) is 4.79 Å². The molecule has 108 valence electrons. The van der Waals surface area contributed by atoms with Gasteiger partial charge in [0.1, 0.15) is 0 Å². The number of aliphatic hydroxyl groups excluding tert-OH is 1. The Morgan fingerprint density at radius 2 is 2.15 bits per heavy atom. The van der Waals surface area contributed by atoms with Crippen LogP contribution in [0.25, 0.3) is 0 Å². The molecule has 0 aliphatic carbocycles. The van der Waals surface area contributed by atoms with Crippen molar-refractivity contribution in [2.45, 2.75) is 43.6 Å². The fraction of sp³-hybridized carbons (Fsp3) is 0.533. The zero-order chi connectivity index (χ0) is 13.9. The van der Waals surface area contributed by atoms with Crippen LogP contribution in [-0.4, -0.2) is 36.0 Å². The van der Waals surface area contributed by atoms with E-state index in [1.54, 1.807) is 0 Å². The molecule has 2 heterocycles. The van der Waals surface area contributed by atoms with Gasteiger partial charge in [-0.15, -0.1) is 0 Å². The van der Waals surface area contributed by atoms with Crippen LogP contribution in [0.1, 0.15) is 30.9 Å². The SMILES string of the molecule is O=C(NC(CO)c1ccccc1)NC1CC2CCC1O2. The maximum Gasteiger partial charge on any atom is 0.315 e. The third-order valence-electron chi connectivity index (χ3n) is 4.11. The van der Waals surface area contributed by atoms with Crippen molar-refractivity contribution in [3.63, 3.8) is 0 Å². The molecule has 0 saturated carbocycles. The lowest BCUT2D eigenvalue weighted by Gasteiger charge is -2.23. The lowest BCUT2D eigenvalue weighted by molar-refractivity contribution is 0.0979. The summed E-state index contributed by atoms with van der Waals surface area (Å²) in [5.74, 6) is 0. The van der Waals surface area contributed by atoms with Gasteiger partial charge < -0.3 is 20.5 Å². The predicted octanol–water partition coefficient (Wildman–Crippen LogP) is 1.34. The molecule has 5 nitrogen and oxygen atoms in total. The number of fused-ring (bicyclic) bond motifs is 2. The van der Waals surface area contributed by atoms with Crippen LogP contribution in [0.5, 0.6) is 0 Å². The highest BCUT2D eigenvalue weighted by Gasteiger charge is 2.41. The number of aliphatic hydroxyl groups is 1. The lowest BCUT2D eigenvalue weighted by atomic mass is 9.96. The molecular weight excluding hydrogens is 256 g/mol. The first kappa shape index (κ1) is 13.4. The Bertz CT molecular complexity index is 465. The molecule has 1 aromatic carbocycles. The Balaban J connectivity index is 1.55. The van der Waals surface area contributed by atoms with E-state index in [4.69, 9.17) is 4.74 Å². The fourth-order valence-corrected chi connectivity index (χ4v) is 3.08. The first-order valence-corrected chi connectivity index (χ1v) is 7.14. The van der Waals surface area contributed by atoms with Gasteiger partial charge in [-0.3, -0.25) is 0 Å². The van der Waals surface area contributed by atoms with Crippen molar-refractivity contribution in [3.05, 3.63) is 35.9 Å².